The highest BCUT2D eigenvalue weighted by molar-refractivity contribution is 7.89. The van der Waals surface area contributed by atoms with E-state index in [1.54, 1.807) is 18.2 Å². The van der Waals surface area contributed by atoms with E-state index in [-0.39, 0.29) is 23.7 Å². The third-order valence-corrected chi connectivity index (χ3v) is 9.68. The molecule has 34 heavy (non-hydrogen) atoms. The predicted octanol–water partition coefficient (Wildman–Crippen LogP) is 4.68. The van der Waals surface area contributed by atoms with Crippen molar-refractivity contribution in [1.82, 2.24) is 9.62 Å². The van der Waals surface area contributed by atoms with Gasteiger partial charge in [0, 0.05) is 23.9 Å². The Morgan fingerprint density at radius 1 is 1.03 bits per heavy atom. The number of amides is 1. The average Bonchev–Trinajstić information content (AvgIpc) is 3.55. The van der Waals surface area contributed by atoms with E-state index in [1.165, 1.54) is 33.3 Å². The Bertz CT molecular complexity index is 1270. The first-order valence-corrected chi connectivity index (χ1v) is 13.9. The molecule has 0 saturated carbocycles. The van der Waals surface area contributed by atoms with Crippen molar-refractivity contribution in [2.75, 3.05) is 13.1 Å². The van der Waals surface area contributed by atoms with E-state index in [9.17, 15) is 17.6 Å². The summed E-state index contributed by atoms with van der Waals surface area (Å²) in [4.78, 5) is 14.5. The van der Waals surface area contributed by atoms with Crippen LogP contribution in [0.25, 0.3) is 0 Å². The first kappa shape index (κ1) is 23.2. The highest BCUT2D eigenvalue weighted by Crippen LogP contribution is 2.30. The fourth-order valence-corrected chi connectivity index (χ4v) is 7.23. The number of benzene rings is 2. The van der Waals surface area contributed by atoms with Crippen LogP contribution in [0.1, 0.15) is 46.9 Å². The summed E-state index contributed by atoms with van der Waals surface area (Å²) >= 11 is 1.53. The summed E-state index contributed by atoms with van der Waals surface area (Å²) in [6, 6.07) is 15.1. The van der Waals surface area contributed by atoms with Crippen LogP contribution in [0.15, 0.2) is 64.9 Å². The molecule has 1 atom stereocenters. The predicted molar refractivity (Wildman–Crippen MR) is 131 cm³/mol. The van der Waals surface area contributed by atoms with E-state index in [1.807, 2.05) is 29.6 Å². The number of sulfonamides is 1. The van der Waals surface area contributed by atoms with Gasteiger partial charge in [-0.2, -0.15) is 4.31 Å². The summed E-state index contributed by atoms with van der Waals surface area (Å²) in [7, 11) is -3.57. The van der Waals surface area contributed by atoms with Crippen LogP contribution in [0.2, 0.25) is 0 Å². The lowest BCUT2D eigenvalue weighted by atomic mass is 9.96. The molecule has 1 N–H and O–H groups in total. The molecule has 2 heterocycles. The van der Waals surface area contributed by atoms with Crippen LogP contribution < -0.4 is 5.32 Å². The van der Waals surface area contributed by atoms with E-state index in [0.29, 0.717) is 30.8 Å². The summed E-state index contributed by atoms with van der Waals surface area (Å²) in [6.45, 7) is 0.634. The molecular weight excluding hydrogens is 471 g/mol. The number of thiophene rings is 1. The van der Waals surface area contributed by atoms with Gasteiger partial charge in [-0.25, -0.2) is 12.8 Å². The maximum absolute atomic E-state index is 13.4. The van der Waals surface area contributed by atoms with Crippen molar-refractivity contribution in [3.63, 3.8) is 0 Å². The zero-order valence-electron chi connectivity index (χ0n) is 18.7. The Morgan fingerprint density at radius 2 is 1.76 bits per heavy atom. The van der Waals surface area contributed by atoms with Crippen molar-refractivity contribution >= 4 is 27.3 Å². The molecule has 1 aromatic heterocycles. The third-order valence-electron chi connectivity index (χ3n) is 6.85. The van der Waals surface area contributed by atoms with Gasteiger partial charge in [-0.3, -0.25) is 4.79 Å². The second-order valence-corrected chi connectivity index (χ2v) is 11.9. The quantitative estimate of drug-likeness (QED) is 0.537. The number of nitrogens with one attached hydrogen (secondary N) is 1. The molecule has 1 saturated heterocycles. The molecule has 1 amide bonds. The average molecular weight is 499 g/mol. The van der Waals surface area contributed by atoms with Gasteiger partial charge in [0.25, 0.3) is 0 Å². The molecule has 1 aliphatic carbocycles. The highest BCUT2D eigenvalue weighted by Gasteiger charge is 2.33. The van der Waals surface area contributed by atoms with Gasteiger partial charge in [0.15, 0.2) is 0 Å². The topological polar surface area (TPSA) is 66.5 Å². The number of hydrogen-bond donors (Lipinski definition) is 1. The zero-order chi connectivity index (χ0) is 23.7. The number of carbonyl (C=O) groups is 1. The smallest absolute Gasteiger partial charge is 0.243 e. The molecule has 0 bridgehead atoms. The summed E-state index contributed by atoms with van der Waals surface area (Å²) in [5.74, 6) is -0.691. The first-order chi connectivity index (χ1) is 16.4. The van der Waals surface area contributed by atoms with Crippen LogP contribution in [-0.2, 0) is 27.7 Å². The first-order valence-electron chi connectivity index (χ1n) is 11.6. The molecule has 1 fully saturated rings. The maximum Gasteiger partial charge on any atom is 0.243 e. The van der Waals surface area contributed by atoms with Crippen molar-refractivity contribution in [3.8, 4) is 0 Å². The molecule has 0 spiro atoms. The van der Waals surface area contributed by atoms with Crippen molar-refractivity contribution in [1.29, 1.82) is 0 Å². The van der Waals surface area contributed by atoms with Crippen molar-refractivity contribution < 1.29 is 17.6 Å². The van der Waals surface area contributed by atoms with Crippen molar-refractivity contribution in [2.24, 2.45) is 5.92 Å². The molecule has 2 aliphatic rings. The Morgan fingerprint density at radius 3 is 2.47 bits per heavy atom. The number of nitrogens with zero attached hydrogens (tertiary/aromatic N) is 1. The van der Waals surface area contributed by atoms with E-state index in [4.69, 9.17) is 0 Å². The van der Waals surface area contributed by atoms with Crippen LogP contribution in [0, 0.1) is 11.7 Å². The lowest BCUT2D eigenvalue weighted by Gasteiger charge is -2.31. The standard InChI is InChI=1S/C26H27FN2O3S2/c27-22-9-6-19(7-10-22)25(24-5-2-16-33-24)28-26(30)20-12-14-29(15-13-20)34(31,32)23-11-8-18-3-1-4-21(18)17-23/h2,5-11,16-17,20,25H,1,3-4,12-15H2,(H,28,30). The third kappa shape index (κ3) is 4.67. The highest BCUT2D eigenvalue weighted by atomic mass is 32.2. The van der Waals surface area contributed by atoms with Gasteiger partial charge in [-0.05, 0) is 84.5 Å². The lowest BCUT2D eigenvalue weighted by Crippen LogP contribution is -2.43. The van der Waals surface area contributed by atoms with E-state index in [2.05, 4.69) is 5.32 Å². The van der Waals surface area contributed by atoms with Gasteiger partial charge in [0.2, 0.25) is 15.9 Å². The lowest BCUT2D eigenvalue weighted by molar-refractivity contribution is -0.126. The molecular formula is C26H27FN2O3S2. The largest absolute Gasteiger partial charge is 0.344 e. The van der Waals surface area contributed by atoms with Crippen LogP contribution in [-0.4, -0.2) is 31.7 Å². The Hall–Kier alpha value is -2.55. The molecule has 8 heteroatoms. The number of aryl methyl sites for hydroxylation is 2. The Labute approximate surface area is 203 Å². The van der Waals surface area contributed by atoms with Crippen molar-refractivity contribution in [3.05, 3.63) is 87.4 Å². The summed E-state index contributed by atoms with van der Waals surface area (Å²) in [5, 5.41) is 5.06. The molecule has 1 unspecified atom stereocenters. The summed E-state index contributed by atoms with van der Waals surface area (Å²) < 4.78 is 41.3. The summed E-state index contributed by atoms with van der Waals surface area (Å²) in [5.41, 5.74) is 3.19. The maximum atomic E-state index is 13.4. The van der Waals surface area contributed by atoms with Crippen LogP contribution in [0.4, 0.5) is 4.39 Å². The molecule has 0 radical (unpaired) electrons. The van der Waals surface area contributed by atoms with Crippen LogP contribution >= 0.6 is 11.3 Å². The normalized spacial score (nSPS) is 17.9. The van der Waals surface area contributed by atoms with Gasteiger partial charge in [-0.15, -0.1) is 11.3 Å². The minimum absolute atomic E-state index is 0.0997. The van der Waals surface area contributed by atoms with Gasteiger partial charge in [-0.1, -0.05) is 24.3 Å². The fourth-order valence-electron chi connectivity index (χ4n) is 4.91. The molecule has 178 valence electrons. The Kier molecular flexibility index (Phi) is 6.55. The molecule has 3 aromatic rings. The monoisotopic (exact) mass is 498 g/mol. The van der Waals surface area contributed by atoms with E-state index >= 15 is 0 Å². The van der Waals surface area contributed by atoms with Crippen molar-refractivity contribution in [2.45, 2.75) is 43.0 Å². The van der Waals surface area contributed by atoms with Crippen LogP contribution in [0.3, 0.4) is 0 Å². The molecule has 1 aliphatic heterocycles. The Balaban J connectivity index is 1.26. The number of fused-ring (bicyclic) bond motifs is 1. The van der Waals surface area contributed by atoms with Gasteiger partial charge in [0.05, 0.1) is 10.9 Å². The fraction of sp³-hybridized carbons (Fsp3) is 0.346. The van der Waals surface area contributed by atoms with E-state index in [0.717, 1.165) is 35.3 Å². The number of hydrogen-bond acceptors (Lipinski definition) is 4. The number of carbonyl (C=O) groups excluding carboxylic acids is 1. The minimum atomic E-state index is -3.57. The van der Waals surface area contributed by atoms with E-state index < -0.39 is 10.0 Å². The van der Waals surface area contributed by atoms with Crippen LogP contribution in [0.5, 0.6) is 0 Å². The van der Waals surface area contributed by atoms with Gasteiger partial charge in [0.1, 0.15) is 5.82 Å². The molecule has 2 aromatic carbocycles. The SMILES string of the molecule is O=C(NC(c1ccc(F)cc1)c1cccs1)C1CCN(S(=O)(=O)c2ccc3c(c2)CCC3)CC1. The minimum Gasteiger partial charge on any atom is -0.344 e. The van der Waals surface area contributed by atoms with Gasteiger partial charge >= 0.3 is 0 Å². The number of rotatable bonds is 6. The number of piperidine rings is 1. The zero-order valence-corrected chi connectivity index (χ0v) is 20.4. The second kappa shape index (κ2) is 9.60. The van der Waals surface area contributed by atoms with Gasteiger partial charge < -0.3 is 5.32 Å². The summed E-state index contributed by atoms with van der Waals surface area (Å²) in [6.07, 6.45) is 3.96. The molecule has 5 rings (SSSR count). The second-order valence-electron chi connectivity index (χ2n) is 8.97. The number of halogens is 1. The molecule has 5 nitrogen and oxygen atoms in total.